The van der Waals surface area contributed by atoms with Crippen LogP contribution in [0, 0.1) is 6.92 Å². The number of hydrogen-bond acceptors (Lipinski definition) is 3. The highest BCUT2D eigenvalue weighted by atomic mass is 35.5. The van der Waals surface area contributed by atoms with Crippen LogP contribution in [0.5, 0.6) is 0 Å². The van der Waals surface area contributed by atoms with E-state index in [4.69, 9.17) is 16.7 Å². The van der Waals surface area contributed by atoms with Gasteiger partial charge in [-0.05, 0) is 44.4 Å². The first-order valence-electron chi connectivity index (χ1n) is 6.69. The first-order chi connectivity index (χ1) is 9.54. The number of rotatable bonds is 5. The second-order valence-corrected chi connectivity index (χ2v) is 7.31. The highest BCUT2D eigenvalue weighted by molar-refractivity contribution is 7.89. The summed E-state index contributed by atoms with van der Waals surface area (Å²) < 4.78 is 22.9. The van der Waals surface area contributed by atoms with Crippen molar-refractivity contribution in [2.24, 2.45) is 5.14 Å². The molecule has 1 rings (SSSR count). The molecule has 118 valence electrons. The Kier molecular flexibility index (Phi) is 5.41. The molecule has 1 aromatic carbocycles. The molecule has 1 aromatic rings. The molecular formula is C14H21ClN2O3S. The van der Waals surface area contributed by atoms with Gasteiger partial charge in [0.15, 0.2) is 0 Å². The Morgan fingerprint density at radius 2 is 1.86 bits per heavy atom. The van der Waals surface area contributed by atoms with Gasteiger partial charge in [0.2, 0.25) is 10.0 Å². The van der Waals surface area contributed by atoms with Crippen molar-refractivity contribution in [3.05, 3.63) is 28.3 Å². The average Bonchev–Trinajstić information content (AvgIpc) is 2.40. The van der Waals surface area contributed by atoms with Crippen molar-refractivity contribution >= 4 is 27.5 Å². The minimum absolute atomic E-state index is 0.169. The highest BCUT2D eigenvalue weighted by Gasteiger charge is 2.25. The van der Waals surface area contributed by atoms with Crippen LogP contribution >= 0.6 is 11.6 Å². The molecule has 1 amide bonds. The van der Waals surface area contributed by atoms with Gasteiger partial charge >= 0.3 is 0 Å². The molecule has 0 spiro atoms. The van der Waals surface area contributed by atoms with Crippen molar-refractivity contribution in [3.63, 3.8) is 0 Å². The molecule has 0 fully saturated rings. The third-order valence-corrected chi connectivity index (χ3v) is 5.15. The summed E-state index contributed by atoms with van der Waals surface area (Å²) in [6, 6.07) is 2.51. The Balaban J connectivity index is 3.30. The van der Waals surface area contributed by atoms with E-state index in [0.717, 1.165) is 12.8 Å². The molecule has 5 nitrogen and oxygen atoms in total. The Morgan fingerprint density at radius 1 is 1.33 bits per heavy atom. The van der Waals surface area contributed by atoms with Crippen molar-refractivity contribution in [2.75, 3.05) is 0 Å². The van der Waals surface area contributed by atoms with Crippen LogP contribution in [0.1, 0.15) is 49.5 Å². The van der Waals surface area contributed by atoms with Gasteiger partial charge in [0, 0.05) is 16.1 Å². The highest BCUT2D eigenvalue weighted by Crippen LogP contribution is 2.25. The monoisotopic (exact) mass is 332 g/mol. The zero-order valence-electron chi connectivity index (χ0n) is 12.7. The van der Waals surface area contributed by atoms with E-state index in [1.165, 1.54) is 12.1 Å². The fraction of sp³-hybridized carbons (Fsp3) is 0.500. The smallest absolute Gasteiger partial charge is 0.252 e. The lowest BCUT2D eigenvalue weighted by Gasteiger charge is -2.28. The molecule has 3 N–H and O–H groups in total. The zero-order valence-corrected chi connectivity index (χ0v) is 14.2. The lowest BCUT2D eigenvalue weighted by atomic mass is 9.94. The second kappa shape index (κ2) is 6.34. The maximum Gasteiger partial charge on any atom is 0.252 e. The summed E-state index contributed by atoms with van der Waals surface area (Å²) in [4.78, 5) is 12.3. The Hall–Kier alpha value is -1.11. The first-order valence-corrected chi connectivity index (χ1v) is 8.62. The fourth-order valence-corrected chi connectivity index (χ4v) is 2.67. The van der Waals surface area contributed by atoms with Crippen molar-refractivity contribution in [1.82, 2.24) is 5.32 Å². The van der Waals surface area contributed by atoms with Gasteiger partial charge in [-0.25, -0.2) is 13.6 Å². The standard InChI is InChI=1S/C14H21ClN2O3S/c1-5-14(4,6-2)17-13(18)11-7-10(21(16,19)20)8-12(15)9(11)3/h7-8H,5-6H2,1-4H3,(H,17,18)(H2,16,19,20). The molecule has 0 aliphatic heterocycles. The fourth-order valence-electron chi connectivity index (χ4n) is 1.82. The Labute approximate surface area is 130 Å². The van der Waals surface area contributed by atoms with Gasteiger partial charge in [-0.2, -0.15) is 0 Å². The normalized spacial score (nSPS) is 12.3. The minimum Gasteiger partial charge on any atom is -0.347 e. The van der Waals surface area contributed by atoms with Crippen molar-refractivity contribution < 1.29 is 13.2 Å². The molecule has 21 heavy (non-hydrogen) atoms. The predicted molar refractivity (Wildman–Crippen MR) is 84.0 cm³/mol. The molecule has 0 heterocycles. The molecule has 0 aliphatic rings. The van der Waals surface area contributed by atoms with Crippen LogP contribution in [-0.4, -0.2) is 19.9 Å². The molecule has 0 saturated carbocycles. The summed E-state index contributed by atoms with van der Waals surface area (Å²) >= 11 is 6.01. The molecule has 0 aromatic heterocycles. The molecule has 7 heteroatoms. The maximum atomic E-state index is 12.4. The summed E-state index contributed by atoms with van der Waals surface area (Å²) in [5.74, 6) is -0.355. The minimum atomic E-state index is -3.92. The van der Waals surface area contributed by atoms with E-state index in [-0.39, 0.29) is 26.9 Å². The summed E-state index contributed by atoms with van der Waals surface area (Å²) in [5.41, 5.74) is 0.393. The van der Waals surface area contributed by atoms with Crippen molar-refractivity contribution in [3.8, 4) is 0 Å². The topological polar surface area (TPSA) is 89.3 Å². The van der Waals surface area contributed by atoms with Gasteiger partial charge in [-0.3, -0.25) is 4.79 Å². The molecule has 0 unspecified atom stereocenters. The van der Waals surface area contributed by atoms with E-state index in [9.17, 15) is 13.2 Å². The Bertz CT molecular complexity index is 652. The summed E-state index contributed by atoms with van der Waals surface area (Å²) in [6.07, 6.45) is 1.52. The SMILES string of the molecule is CCC(C)(CC)NC(=O)c1cc(S(N)(=O)=O)cc(Cl)c1C. The number of nitrogens with one attached hydrogen (secondary N) is 1. The third kappa shape index (κ3) is 4.18. The largest absolute Gasteiger partial charge is 0.347 e. The number of amides is 1. The van der Waals surface area contributed by atoms with E-state index in [1.807, 2.05) is 20.8 Å². The van der Waals surface area contributed by atoms with Gasteiger partial charge in [0.05, 0.1) is 4.90 Å². The Morgan fingerprint density at radius 3 is 2.29 bits per heavy atom. The summed E-state index contributed by atoms with van der Waals surface area (Å²) in [7, 11) is -3.92. The molecular weight excluding hydrogens is 312 g/mol. The number of benzene rings is 1. The molecule has 0 atom stereocenters. The van der Waals surface area contributed by atoms with Gasteiger partial charge in [-0.1, -0.05) is 25.4 Å². The number of carbonyl (C=O) groups is 1. The molecule has 0 saturated heterocycles. The quantitative estimate of drug-likeness (QED) is 0.868. The number of nitrogens with two attached hydrogens (primary N) is 1. The molecule has 0 bridgehead atoms. The zero-order chi connectivity index (χ0) is 16.4. The third-order valence-electron chi connectivity index (χ3n) is 3.87. The first kappa shape index (κ1) is 17.9. The lowest BCUT2D eigenvalue weighted by Crippen LogP contribution is -2.45. The maximum absolute atomic E-state index is 12.4. The van der Waals surface area contributed by atoms with E-state index in [0.29, 0.717) is 5.56 Å². The number of hydrogen-bond donors (Lipinski definition) is 2. The van der Waals surface area contributed by atoms with E-state index < -0.39 is 10.0 Å². The molecule has 0 radical (unpaired) electrons. The molecule has 0 aliphatic carbocycles. The number of halogens is 1. The van der Waals surface area contributed by atoms with Gasteiger partial charge in [-0.15, -0.1) is 0 Å². The second-order valence-electron chi connectivity index (χ2n) is 5.34. The average molecular weight is 333 g/mol. The number of primary sulfonamides is 1. The number of sulfonamides is 1. The van der Waals surface area contributed by atoms with Crippen molar-refractivity contribution in [1.29, 1.82) is 0 Å². The van der Waals surface area contributed by atoms with E-state index in [2.05, 4.69) is 5.32 Å². The van der Waals surface area contributed by atoms with E-state index in [1.54, 1.807) is 6.92 Å². The van der Waals surface area contributed by atoms with Crippen LogP contribution in [0.4, 0.5) is 0 Å². The van der Waals surface area contributed by atoms with Crippen LogP contribution < -0.4 is 10.5 Å². The van der Waals surface area contributed by atoms with Gasteiger partial charge in [0.1, 0.15) is 0 Å². The van der Waals surface area contributed by atoms with E-state index >= 15 is 0 Å². The van der Waals surface area contributed by atoms with Gasteiger partial charge < -0.3 is 5.32 Å². The van der Waals surface area contributed by atoms with Crippen LogP contribution in [0.2, 0.25) is 5.02 Å². The van der Waals surface area contributed by atoms with Crippen molar-refractivity contribution in [2.45, 2.75) is 51.0 Å². The summed E-state index contributed by atoms with van der Waals surface area (Å²) in [6.45, 7) is 7.56. The van der Waals surface area contributed by atoms with Crippen LogP contribution in [-0.2, 0) is 10.0 Å². The lowest BCUT2D eigenvalue weighted by molar-refractivity contribution is 0.0900. The predicted octanol–water partition coefficient (Wildman–Crippen LogP) is 2.60. The van der Waals surface area contributed by atoms with Crippen LogP contribution in [0.15, 0.2) is 17.0 Å². The summed E-state index contributed by atoms with van der Waals surface area (Å²) in [5, 5.41) is 8.22. The van der Waals surface area contributed by atoms with Crippen LogP contribution in [0.3, 0.4) is 0 Å². The van der Waals surface area contributed by atoms with Gasteiger partial charge in [0.25, 0.3) is 5.91 Å². The number of carbonyl (C=O) groups excluding carboxylic acids is 1. The van der Waals surface area contributed by atoms with Crippen LogP contribution in [0.25, 0.3) is 0 Å².